The van der Waals surface area contributed by atoms with Crippen LogP contribution >= 0.6 is 0 Å². The second-order valence-electron chi connectivity index (χ2n) is 4.37. The van der Waals surface area contributed by atoms with Crippen LogP contribution in [0.2, 0.25) is 0 Å². The second-order valence-corrected chi connectivity index (χ2v) is 4.37. The Morgan fingerprint density at radius 3 is 2.52 bits per heavy atom. The van der Waals surface area contributed by atoms with Gasteiger partial charge in [-0.05, 0) is 30.7 Å². The average molecular weight is 292 g/mol. The van der Waals surface area contributed by atoms with Gasteiger partial charge in [0.2, 0.25) is 5.91 Å². The van der Waals surface area contributed by atoms with Gasteiger partial charge in [-0.2, -0.15) is 0 Å². The van der Waals surface area contributed by atoms with Crippen LogP contribution in [-0.4, -0.2) is 30.0 Å². The van der Waals surface area contributed by atoms with Crippen LogP contribution in [0.5, 0.6) is 0 Å². The summed E-state index contributed by atoms with van der Waals surface area (Å²) in [6, 6.07) is 5.46. The van der Waals surface area contributed by atoms with Crippen LogP contribution in [-0.2, 0) is 14.3 Å². The molecule has 0 aliphatic rings. The quantitative estimate of drug-likeness (QED) is 0.372. The molecule has 1 N–H and O–H groups in total. The van der Waals surface area contributed by atoms with Crippen molar-refractivity contribution in [3.8, 4) is 0 Å². The fraction of sp³-hybridized carbons (Fsp3) is 0.286. The highest BCUT2D eigenvalue weighted by atomic mass is 16.6. The van der Waals surface area contributed by atoms with Crippen LogP contribution in [0.1, 0.15) is 18.9 Å². The van der Waals surface area contributed by atoms with Crippen molar-refractivity contribution in [3.05, 3.63) is 46.0 Å². The molecule has 0 saturated carbocycles. The van der Waals surface area contributed by atoms with Gasteiger partial charge >= 0.3 is 5.97 Å². The minimum absolute atomic E-state index is 0.0108. The SMILES string of the molecule is COC(=O)CC(C)NC(=O)/C=C/c1ccc([N+](=O)[O-])cc1. The van der Waals surface area contributed by atoms with E-state index in [9.17, 15) is 19.7 Å². The molecule has 7 heteroatoms. The molecular formula is C14H16N2O5. The molecule has 21 heavy (non-hydrogen) atoms. The number of benzene rings is 1. The molecule has 1 aromatic rings. The first-order chi connectivity index (χ1) is 9.92. The summed E-state index contributed by atoms with van der Waals surface area (Å²) in [6.07, 6.45) is 2.92. The number of nitrogens with zero attached hydrogens (tertiary/aromatic N) is 1. The van der Waals surface area contributed by atoms with Crippen LogP contribution in [0.15, 0.2) is 30.3 Å². The molecule has 7 nitrogen and oxygen atoms in total. The molecule has 0 aliphatic carbocycles. The number of nitrogens with one attached hydrogen (secondary N) is 1. The summed E-state index contributed by atoms with van der Waals surface area (Å²) in [5.74, 6) is -0.757. The van der Waals surface area contributed by atoms with E-state index < -0.39 is 10.9 Å². The Bertz CT molecular complexity index is 551. The number of nitro benzene ring substituents is 1. The third kappa shape index (κ3) is 5.85. The van der Waals surface area contributed by atoms with Crippen LogP contribution in [0, 0.1) is 10.1 Å². The Hall–Kier alpha value is -2.70. The molecular weight excluding hydrogens is 276 g/mol. The molecule has 0 saturated heterocycles. The summed E-state index contributed by atoms with van der Waals surface area (Å²) in [6.45, 7) is 1.69. The standard InChI is InChI=1S/C14H16N2O5/c1-10(9-14(18)21-2)15-13(17)8-5-11-3-6-12(7-4-11)16(19)20/h3-8,10H,9H2,1-2H3,(H,15,17)/b8-5+. The molecule has 0 spiro atoms. The van der Waals surface area contributed by atoms with Crippen LogP contribution in [0.3, 0.4) is 0 Å². The lowest BCUT2D eigenvalue weighted by Gasteiger charge is -2.10. The number of methoxy groups -OCH3 is 1. The first-order valence-electron chi connectivity index (χ1n) is 6.22. The average Bonchev–Trinajstić information content (AvgIpc) is 2.45. The normalized spacial score (nSPS) is 11.9. The second kappa shape index (κ2) is 7.78. The molecule has 1 amide bonds. The van der Waals surface area contributed by atoms with E-state index in [1.54, 1.807) is 19.1 Å². The Morgan fingerprint density at radius 2 is 2.00 bits per heavy atom. The van der Waals surface area contributed by atoms with Gasteiger partial charge in [-0.25, -0.2) is 0 Å². The van der Waals surface area contributed by atoms with Gasteiger partial charge < -0.3 is 10.1 Å². The van der Waals surface area contributed by atoms with Crippen molar-refractivity contribution in [3.63, 3.8) is 0 Å². The summed E-state index contributed by atoms with van der Waals surface area (Å²) < 4.78 is 4.50. The van der Waals surface area contributed by atoms with Crippen molar-refractivity contribution >= 4 is 23.6 Å². The van der Waals surface area contributed by atoms with Crippen LogP contribution < -0.4 is 5.32 Å². The van der Waals surface area contributed by atoms with E-state index in [1.807, 2.05) is 0 Å². The van der Waals surface area contributed by atoms with Gasteiger partial charge in [-0.3, -0.25) is 19.7 Å². The number of ether oxygens (including phenoxy) is 1. The molecule has 0 aliphatic heterocycles. The van der Waals surface area contributed by atoms with Gasteiger partial charge in [0.15, 0.2) is 0 Å². The van der Waals surface area contributed by atoms with E-state index in [-0.39, 0.29) is 24.1 Å². The maximum atomic E-state index is 11.6. The van der Waals surface area contributed by atoms with E-state index >= 15 is 0 Å². The molecule has 0 heterocycles. The summed E-state index contributed by atoms with van der Waals surface area (Å²) in [7, 11) is 1.28. The van der Waals surface area contributed by atoms with Gasteiger partial charge in [0.05, 0.1) is 18.5 Å². The number of carbonyl (C=O) groups is 2. The minimum Gasteiger partial charge on any atom is -0.469 e. The molecule has 1 atom stereocenters. The van der Waals surface area contributed by atoms with E-state index in [0.717, 1.165) is 0 Å². The largest absolute Gasteiger partial charge is 0.469 e. The number of rotatable bonds is 6. The van der Waals surface area contributed by atoms with E-state index in [0.29, 0.717) is 5.56 Å². The Labute approximate surface area is 121 Å². The van der Waals surface area contributed by atoms with Gasteiger partial charge in [-0.1, -0.05) is 0 Å². The van der Waals surface area contributed by atoms with Gasteiger partial charge in [0.1, 0.15) is 0 Å². The monoisotopic (exact) mass is 292 g/mol. The lowest BCUT2D eigenvalue weighted by molar-refractivity contribution is -0.384. The Kier molecular flexibility index (Phi) is 6.06. The van der Waals surface area contributed by atoms with Crippen molar-refractivity contribution in [1.82, 2.24) is 5.32 Å². The molecule has 112 valence electrons. The summed E-state index contributed by atoms with van der Waals surface area (Å²) in [5, 5.41) is 13.1. The summed E-state index contributed by atoms with van der Waals surface area (Å²) >= 11 is 0. The van der Waals surface area contributed by atoms with E-state index in [4.69, 9.17) is 0 Å². The summed E-state index contributed by atoms with van der Waals surface area (Å²) in [4.78, 5) is 32.6. The molecule has 1 unspecified atom stereocenters. The minimum atomic E-state index is -0.491. The van der Waals surface area contributed by atoms with Crippen molar-refractivity contribution in [2.45, 2.75) is 19.4 Å². The smallest absolute Gasteiger partial charge is 0.307 e. The molecule has 0 radical (unpaired) electrons. The number of carbonyl (C=O) groups excluding carboxylic acids is 2. The molecule has 1 aromatic carbocycles. The number of non-ortho nitro benzene ring substituents is 1. The first-order valence-corrected chi connectivity index (χ1v) is 6.22. The molecule has 1 rings (SSSR count). The highest BCUT2D eigenvalue weighted by molar-refractivity contribution is 5.92. The third-order valence-electron chi connectivity index (χ3n) is 2.62. The first kappa shape index (κ1) is 16.4. The predicted octanol–water partition coefficient (Wildman–Crippen LogP) is 1.68. The van der Waals surface area contributed by atoms with Gasteiger partial charge in [-0.15, -0.1) is 0 Å². The van der Waals surface area contributed by atoms with Gasteiger partial charge in [0.25, 0.3) is 5.69 Å². The number of nitro groups is 1. The summed E-state index contributed by atoms with van der Waals surface area (Å²) in [5.41, 5.74) is 0.652. The zero-order valence-corrected chi connectivity index (χ0v) is 11.7. The van der Waals surface area contributed by atoms with Crippen molar-refractivity contribution in [1.29, 1.82) is 0 Å². The number of hydrogen-bond donors (Lipinski definition) is 1. The molecule has 0 aromatic heterocycles. The number of hydrogen-bond acceptors (Lipinski definition) is 5. The van der Waals surface area contributed by atoms with Crippen LogP contribution in [0.25, 0.3) is 6.08 Å². The fourth-order valence-electron chi connectivity index (χ4n) is 1.55. The zero-order chi connectivity index (χ0) is 15.8. The number of esters is 1. The lowest BCUT2D eigenvalue weighted by Crippen LogP contribution is -2.33. The Balaban J connectivity index is 2.53. The molecule has 0 fully saturated rings. The Morgan fingerprint density at radius 1 is 1.38 bits per heavy atom. The van der Waals surface area contributed by atoms with Gasteiger partial charge in [0, 0.05) is 24.3 Å². The zero-order valence-electron chi connectivity index (χ0n) is 11.7. The van der Waals surface area contributed by atoms with Crippen molar-refractivity contribution in [2.24, 2.45) is 0 Å². The maximum Gasteiger partial charge on any atom is 0.307 e. The number of amides is 1. The highest BCUT2D eigenvalue weighted by Gasteiger charge is 2.10. The van der Waals surface area contributed by atoms with Crippen molar-refractivity contribution in [2.75, 3.05) is 7.11 Å². The third-order valence-corrected chi connectivity index (χ3v) is 2.62. The highest BCUT2D eigenvalue weighted by Crippen LogP contribution is 2.12. The topological polar surface area (TPSA) is 98.5 Å². The van der Waals surface area contributed by atoms with E-state index in [1.165, 1.54) is 31.4 Å². The fourth-order valence-corrected chi connectivity index (χ4v) is 1.55. The van der Waals surface area contributed by atoms with Crippen molar-refractivity contribution < 1.29 is 19.2 Å². The predicted molar refractivity (Wildman–Crippen MR) is 76.4 cm³/mol. The van der Waals surface area contributed by atoms with Crippen LogP contribution in [0.4, 0.5) is 5.69 Å². The molecule has 0 bridgehead atoms. The van der Waals surface area contributed by atoms with E-state index in [2.05, 4.69) is 10.1 Å². The lowest BCUT2D eigenvalue weighted by atomic mass is 10.2. The maximum absolute atomic E-state index is 11.6.